The van der Waals surface area contributed by atoms with Crippen LogP contribution in [0.5, 0.6) is 11.5 Å². The molecule has 0 atom stereocenters. The van der Waals surface area contributed by atoms with Gasteiger partial charge in [-0.2, -0.15) is 0 Å². The van der Waals surface area contributed by atoms with E-state index in [1.54, 1.807) is 18.2 Å². The van der Waals surface area contributed by atoms with Gasteiger partial charge in [-0.25, -0.2) is 0 Å². The summed E-state index contributed by atoms with van der Waals surface area (Å²) in [6, 6.07) is 16.0. The van der Waals surface area contributed by atoms with Crippen LogP contribution < -0.4 is 15.8 Å². The summed E-state index contributed by atoms with van der Waals surface area (Å²) in [6.45, 7) is 0. The van der Waals surface area contributed by atoms with Crippen LogP contribution in [0.1, 0.15) is 31.2 Å². The van der Waals surface area contributed by atoms with Crippen molar-refractivity contribution >= 4 is 28.2 Å². The minimum absolute atomic E-state index is 0.00608. The van der Waals surface area contributed by atoms with Crippen molar-refractivity contribution in [3.63, 3.8) is 0 Å². The molecule has 1 aromatic heterocycles. The SMILES string of the molecule is COc1cccc(O)c1C(=O)Nc1sc(Cc2ccccc2)cc1C(N)=O. The summed E-state index contributed by atoms with van der Waals surface area (Å²) < 4.78 is 5.14. The molecular weight excluding hydrogens is 364 g/mol. The van der Waals surface area contributed by atoms with Crippen molar-refractivity contribution < 1.29 is 19.4 Å². The third kappa shape index (κ3) is 4.09. The van der Waals surface area contributed by atoms with E-state index in [2.05, 4.69) is 5.32 Å². The summed E-state index contributed by atoms with van der Waals surface area (Å²) >= 11 is 1.27. The van der Waals surface area contributed by atoms with Crippen molar-refractivity contribution in [2.45, 2.75) is 6.42 Å². The third-order valence-corrected chi connectivity index (χ3v) is 5.00. The number of rotatable bonds is 6. The Morgan fingerprint density at radius 3 is 2.56 bits per heavy atom. The van der Waals surface area contributed by atoms with Crippen LogP contribution in [-0.2, 0) is 6.42 Å². The Balaban J connectivity index is 1.90. The first-order valence-corrected chi connectivity index (χ1v) is 8.95. The van der Waals surface area contributed by atoms with Gasteiger partial charge in [0.25, 0.3) is 11.8 Å². The molecule has 4 N–H and O–H groups in total. The first-order chi connectivity index (χ1) is 13.0. The number of benzene rings is 2. The number of nitrogens with two attached hydrogens (primary N) is 1. The highest BCUT2D eigenvalue weighted by Crippen LogP contribution is 2.33. The number of hydrogen-bond acceptors (Lipinski definition) is 5. The van der Waals surface area contributed by atoms with Gasteiger partial charge in [-0.3, -0.25) is 9.59 Å². The van der Waals surface area contributed by atoms with Crippen molar-refractivity contribution in [3.8, 4) is 11.5 Å². The van der Waals surface area contributed by atoms with Gasteiger partial charge in [0.2, 0.25) is 0 Å². The molecular formula is C20H18N2O4S. The molecule has 3 aromatic rings. The molecule has 27 heavy (non-hydrogen) atoms. The monoisotopic (exact) mass is 382 g/mol. The Hall–Kier alpha value is -3.32. The quantitative estimate of drug-likeness (QED) is 0.608. The number of thiophene rings is 1. The first kappa shape index (κ1) is 18.5. The van der Waals surface area contributed by atoms with Crippen LogP contribution in [0.25, 0.3) is 0 Å². The van der Waals surface area contributed by atoms with Crippen molar-refractivity contribution in [2.75, 3.05) is 12.4 Å². The number of carbonyl (C=O) groups excluding carboxylic acids is 2. The number of amides is 2. The first-order valence-electron chi connectivity index (χ1n) is 8.13. The topological polar surface area (TPSA) is 102 Å². The second-order valence-corrected chi connectivity index (χ2v) is 6.93. The second kappa shape index (κ2) is 7.92. The lowest BCUT2D eigenvalue weighted by molar-refractivity contribution is 0.100. The number of methoxy groups -OCH3 is 1. The zero-order valence-electron chi connectivity index (χ0n) is 14.6. The molecule has 0 aliphatic rings. The highest BCUT2D eigenvalue weighted by atomic mass is 32.1. The second-order valence-electron chi connectivity index (χ2n) is 5.79. The molecule has 0 unspecified atom stereocenters. The van der Waals surface area contributed by atoms with Crippen LogP contribution in [0.3, 0.4) is 0 Å². The lowest BCUT2D eigenvalue weighted by Gasteiger charge is -2.10. The van der Waals surface area contributed by atoms with Crippen molar-refractivity contribution in [3.05, 3.63) is 76.2 Å². The molecule has 0 saturated heterocycles. The van der Waals surface area contributed by atoms with Gasteiger partial charge >= 0.3 is 0 Å². The number of hydrogen-bond donors (Lipinski definition) is 3. The Morgan fingerprint density at radius 2 is 1.89 bits per heavy atom. The van der Waals surface area contributed by atoms with Crippen molar-refractivity contribution in [1.29, 1.82) is 0 Å². The van der Waals surface area contributed by atoms with E-state index in [1.807, 2.05) is 30.3 Å². The largest absolute Gasteiger partial charge is 0.507 e. The van der Waals surface area contributed by atoms with Gasteiger partial charge in [-0.15, -0.1) is 11.3 Å². The van der Waals surface area contributed by atoms with E-state index < -0.39 is 11.8 Å². The Bertz CT molecular complexity index is 983. The van der Waals surface area contributed by atoms with E-state index in [0.29, 0.717) is 11.4 Å². The Labute approximate surface area is 160 Å². The van der Waals surface area contributed by atoms with Crippen LogP contribution in [-0.4, -0.2) is 24.0 Å². The predicted molar refractivity (Wildman–Crippen MR) is 105 cm³/mol. The van der Waals surface area contributed by atoms with Gasteiger partial charge in [-0.1, -0.05) is 36.4 Å². The van der Waals surface area contributed by atoms with Gasteiger partial charge in [0.15, 0.2) is 0 Å². The van der Waals surface area contributed by atoms with E-state index in [-0.39, 0.29) is 22.6 Å². The fourth-order valence-corrected chi connectivity index (χ4v) is 3.78. The fraction of sp³-hybridized carbons (Fsp3) is 0.100. The Kier molecular flexibility index (Phi) is 5.42. The van der Waals surface area contributed by atoms with Gasteiger partial charge < -0.3 is 20.9 Å². The van der Waals surface area contributed by atoms with Crippen molar-refractivity contribution in [2.24, 2.45) is 5.73 Å². The number of ether oxygens (including phenoxy) is 1. The molecule has 2 amide bonds. The molecule has 6 nitrogen and oxygen atoms in total. The molecule has 138 valence electrons. The summed E-state index contributed by atoms with van der Waals surface area (Å²) in [5.41, 5.74) is 6.77. The molecule has 7 heteroatoms. The Morgan fingerprint density at radius 1 is 1.15 bits per heavy atom. The molecule has 0 saturated carbocycles. The van der Waals surface area contributed by atoms with E-state index in [4.69, 9.17) is 10.5 Å². The summed E-state index contributed by atoms with van der Waals surface area (Å²) in [5.74, 6) is -1.20. The van der Waals surface area contributed by atoms with Crippen molar-refractivity contribution in [1.82, 2.24) is 0 Å². The van der Waals surface area contributed by atoms with E-state index in [0.717, 1.165) is 10.4 Å². The van der Waals surface area contributed by atoms with Gasteiger partial charge in [0.1, 0.15) is 22.1 Å². The van der Waals surface area contributed by atoms with E-state index in [9.17, 15) is 14.7 Å². The predicted octanol–water partition coefficient (Wildman–Crippen LogP) is 3.40. The molecule has 3 rings (SSSR count). The van der Waals surface area contributed by atoms with Crippen LogP contribution in [0.4, 0.5) is 5.00 Å². The van der Waals surface area contributed by atoms with Crippen LogP contribution in [0, 0.1) is 0 Å². The summed E-state index contributed by atoms with van der Waals surface area (Å²) in [7, 11) is 1.41. The number of primary amides is 1. The van der Waals surface area contributed by atoms with E-state index in [1.165, 1.54) is 24.5 Å². The number of nitrogens with one attached hydrogen (secondary N) is 1. The number of aromatic hydroxyl groups is 1. The minimum atomic E-state index is -0.634. The van der Waals surface area contributed by atoms with Gasteiger partial charge in [0.05, 0.1) is 12.7 Å². The fourth-order valence-electron chi connectivity index (χ4n) is 2.69. The maximum Gasteiger partial charge on any atom is 0.263 e. The number of carbonyl (C=O) groups is 2. The van der Waals surface area contributed by atoms with Crippen LogP contribution in [0.2, 0.25) is 0 Å². The highest BCUT2D eigenvalue weighted by molar-refractivity contribution is 7.16. The van der Waals surface area contributed by atoms with Crippen LogP contribution in [0.15, 0.2) is 54.6 Å². The maximum atomic E-state index is 12.7. The smallest absolute Gasteiger partial charge is 0.263 e. The normalized spacial score (nSPS) is 10.4. The van der Waals surface area contributed by atoms with Gasteiger partial charge in [0, 0.05) is 11.3 Å². The highest BCUT2D eigenvalue weighted by Gasteiger charge is 2.21. The zero-order valence-corrected chi connectivity index (χ0v) is 15.4. The average Bonchev–Trinajstić information content (AvgIpc) is 3.04. The average molecular weight is 382 g/mol. The molecule has 1 heterocycles. The zero-order chi connectivity index (χ0) is 19.4. The molecule has 0 fully saturated rings. The van der Waals surface area contributed by atoms with Crippen LogP contribution >= 0.6 is 11.3 Å². The standard InChI is InChI=1S/C20H18N2O4S/c1-26-16-9-5-8-15(23)17(16)19(25)22-20-14(18(21)24)11-13(27-20)10-12-6-3-2-4-7-12/h2-9,11,23H,10H2,1H3,(H2,21,24)(H,22,25). The third-order valence-electron chi connectivity index (χ3n) is 3.95. The lowest BCUT2D eigenvalue weighted by Crippen LogP contribution is -2.17. The summed E-state index contributed by atoms with van der Waals surface area (Å²) in [5, 5.41) is 13.0. The minimum Gasteiger partial charge on any atom is -0.507 e. The maximum absolute atomic E-state index is 12.7. The number of phenolic OH excluding ortho intramolecular Hbond substituents is 1. The number of anilines is 1. The molecule has 0 spiro atoms. The summed E-state index contributed by atoms with van der Waals surface area (Å²) in [6.07, 6.45) is 0.613. The van der Waals surface area contributed by atoms with Gasteiger partial charge in [-0.05, 0) is 23.8 Å². The van der Waals surface area contributed by atoms with E-state index >= 15 is 0 Å². The summed E-state index contributed by atoms with van der Waals surface area (Å²) in [4.78, 5) is 25.3. The molecule has 0 aliphatic heterocycles. The number of phenols is 1. The molecule has 0 radical (unpaired) electrons. The lowest BCUT2D eigenvalue weighted by atomic mass is 10.1. The molecule has 0 bridgehead atoms. The molecule has 2 aromatic carbocycles. The molecule has 0 aliphatic carbocycles.